The molecule has 0 bridgehead atoms. The van der Waals surface area contributed by atoms with E-state index in [4.69, 9.17) is 14.3 Å². The van der Waals surface area contributed by atoms with E-state index < -0.39 is 11.8 Å². The van der Waals surface area contributed by atoms with Crippen molar-refractivity contribution in [1.29, 1.82) is 0 Å². The highest BCUT2D eigenvalue weighted by Gasteiger charge is 2.36. The van der Waals surface area contributed by atoms with Gasteiger partial charge in [0.2, 0.25) is 0 Å². The molecule has 1 fully saturated rings. The van der Waals surface area contributed by atoms with Crippen molar-refractivity contribution in [2.45, 2.75) is 19.1 Å². The third-order valence-corrected chi connectivity index (χ3v) is 3.25. The SMILES string of the molecule is O=C1c2ccccc2C(=O)N1OCCCC1OCCO1. The van der Waals surface area contributed by atoms with E-state index in [0.29, 0.717) is 37.2 Å². The molecule has 0 atom stereocenters. The molecule has 3 rings (SSSR count). The molecule has 0 saturated carbocycles. The van der Waals surface area contributed by atoms with E-state index in [2.05, 4.69) is 0 Å². The predicted molar refractivity (Wildman–Crippen MR) is 67.8 cm³/mol. The zero-order chi connectivity index (χ0) is 13.9. The first-order valence-corrected chi connectivity index (χ1v) is 6.61. The van der Waals surface area contributed by atoms with Crippen LogP contribution in [0.5, 0.6) is 0 Å². The third kappa shape index (κ3) is 2.45. The lowest BCUT2D eigenvalue weighted by atomic mass is 10.1. The van der Waals surface area contributed by atoms with Gasteiger partial charge in [0.15, 0.2) is 6.29 Å². The summed E-state index contributed by atoms with van der Waals surface area (Å²) >= 11 is 0. The van der Waals surface area contributed by atoms with E-state index in [1.54, 1.807) is 24.3 Å². The number of nitrogens with zero attached hydrogens (tertiary/aromatic N) is 1. The van der Waals surface area contributed by atoms with Crippen LogP contribution in [0.4, 0.5) is 0 Å². The van der Waals surface area contributed by atoms with Gasteiger partial charge in [0.05, 0.1) is 30.9 Å². The lowest BCUT2D eigenvalue weighted by Gasteiger charge is -2.14. The maximum atomic E-state index is 12.0. The number of ether oxygens (including phenoxy) is 2. The van der Waals surface area contributed by atoms with Crippen LogP contribution >= 0.6 is 0 Å². The summed E-state index contributed by atoms with van der Waals surface area (Å²) in [5.41, 5.74) is 0.778. The van der Waals surface area contributed by atoms with Crippen LogP contribution in [-0.4, -0.2) is 43.0 Å². The second-order valence-electron chi connectivity index (χ2n) is 4.60. The van der Waals surface area contributed by atoms with Gasteiger partial charge in [-0.05, 0) is 18.6 Å². The highest BCUT2D eigenvalue weighted by Crippen LogP contribution is 2.22. The molecule has 0 aromatic heterocycles. The lowest BCUT2D eigenvalue weighted by molar-refractivity contribution is -0.101. The number of fused-ring (bicyclic) bond motifs is 1. The Kier molecular flexibility index (Phi) is 3.77. The van der Waals surface area contributed by atoms with E-state index in [-0.39, 0.29) is 12.9 Å². The Morgan fingerprint density at radius 1 is 1.10 bits per heavy atom. The predicted octanol–water partition coefficient (Wildman–Crippen LogP) is 1.37. The highest BCUT2D eigenvalue weighted by molar-refractivity contribution is 6.20. The van der Waals surface area contributed by atoms with Crippen LogP contribution in [0.1, 0.15) is 33.6 Å². The van der Waals surface area contributed by atoms with E-state index in [0.717, 1.165) is 5.06 Å². The summed E-state index contributed by atoms with van der Waals surface area (Å²) in [5.74, 6) is -0.807. The second-order valence-corrected chi connectivity index (χ2v) is 4.60. The normalized spacial score (nSPS) is 18.9. The topological polar surface area (TPSA) is 65.1 Å². The average Bonchev–Trinajstić information content (AvgIpc) is 3.06. The minimum Gasteiger partial charge on any atom is -0.350 e. The van der Waals surface area contributed by atoms with E-state index in [1.807, 2.05) is 0 Å². The molecule has 1 aromatic carbocycles. The maximum Gasteiger partial charge on any atom is 0.285 e. The standard InChI is InChI=1S/C14H15NO5/c16-13-10-4-1-2-5-11(10)14(17)15(13)20-7-3-6-12-18-8-9-19-12/h1-2,4-5,12H,3,6-9H2. The third-order valence-electron chi connectivity index (χ3n) is 3.25. The molecular formula is C14H15NO5. The molecule has 6 nitrogen and oxygen atoms in total. The Labute approximate surface area is 116 Å². The fraction of sp³-hybridized carbons (Fsp3) is 0.429. The minimum absolute atomic E-state index is 0.194. The molecule has 2 amide bonds. The quantitative estimate of drug-likeness (QED) is 0.600. The van der Waals surface area contributed by atoms with Gasteiger partial charge in [-0.2, -0.15) is 0 Å². The summed E-state index contributed by atoms with van der Waals surface area (Å²) in [4.78, 5) is 29.3. The molecular weight excluding hydrogens is 262 g/mol. The molecule has 0 N–H and O–H groups in total. The molecule has 20 heavy (non-hydrogen) atoms. The largest absolute Gasteiger partial charge is 0.350 e. The first-order chi connectivity index (χ1) is 9.77. The van der Waals surface area contributed by atoms with E-state index >= 15 is 0 Å². The number of carbonyl (C=O) groups is 2. The Morgan fingerprint density at radius 2 is 1.70 bits per heavy atom. The van der Waals surface area contributed by atoms with Crippen molar-refractivity contribution in [3.8, 4) is 0 Å². The van der Waals surface area contributed by atoms with Gasteiger partial charge in [-0.3, -0.25) is 14.4 Å². The van der Waals surface area contributed by atoms with Crippen molar-refractivity contribution in [3.05, 3.63) is 35.4 Å². The van der Waals surface area contributed by atoms with Gasteiger partial charge in [0.1, 0.15) is 0 Å². The number of hydrogen-bond donors (Lipinski definition) is 0. The number of rotatable bonds is 5. The van der Waals surface area contributed by atoms with Crippen LogP contribution in [-0.2, 0) is 14.3 Å². The van der Waals surface area contributed by atoms with Gasteiger partial charge in [0, 0.05) is 6.42 Å². The molecule has 2 aliphatic heterocycles. The van der Waals surface area contributed by atoms with Crippen molar-refractivity contribution in [2.75, 3.05) is 19.8 Å². The zero-order valence-corrected chi connectivity index (χ0v) is 10.9. The molecule has 0 unspecified atom stereocenters. The molecule has 6 heteroatoms. The number of imide groups is 1. The summed E-state index contributed by atoms with van der Waals surface area (Å²) in [5, 5.41) is 0.834. The van der Waals surface area contributed by atoms with Crippen LogP contribution in [0.15, 0.2) is 24.3 Å². The smallest absolute Gasteiger partial charge is 0.285 e. The van der Waals surface area contributed by atoms with Crippen LogP contribution in [0.2, 0.25) is 0 Å². The summed E-state index contributed by atoms with van der Waals surface area (Å²) in [6, 6.07) is 6.70. The van der Waals surface area contributed by atoms with Crippen molar-refractivity contribution >= 4 is 11.8 Å². The van der Waals surface area contributed by atoms with Gasteiger partial charge < -0.3 is 9.47 Å². The molecule has 1 saturated heterocycles. The number of benzene rings is 1. The number of amides is 2. The Bertz CT molecular complexity index is 489. The number of hydroxylamine groups is 2. The van der Waals surface area contributed by atoms with Crippen molar-refractivity contribution < 1.29 is 23.9 Å². The Morgan fingerprint density at radius 3 is 2.30 bits per heavy atom. The summed E-state index contributed by atoms with van der Waals surface area (Å²) < 4.78 is 10.6. The van der Waals surface area contributed by atoms with Crippen molar-refractivity contribution in [2.24, 2.45) is 0 Å². The molecule has 1 aromatic rings. The average molecular weight is 277 g/mol. The Hall–Kier alpha value is -1.76. The van der Waals surface area contributed by atoms with Gasteiger partial charge in [-0.25, -0.2) is 0 Å². The molecule has 2 aliphatic rings. The van der Waals surface area contributed by atoms with Crippen LogP contribution in [0, 0.1) is 0 Å². The summed E-state index contributed by atoms with van der Waals surface area (Å²) in [6.45, 7) is 1.50. The molecule has 106 valence electrons. The molecule has 0 aliphatic carbocycles. The first kappa shape index (κ1) is 13.2. The molecule has 0 spiro atoms. The maximum absolute atomic E-state index is 12.0. The molecule has 2 heterocycles. The Balaban J connectivity index is 1.51. The van der Waals surface area contributed by atoms with E-state index in [9.17, 15) is 9.59 Å². The fourth-order valence-electron chi connectivity index (χ4n) is 2.26. The van der Waals surface area contributed by atoms with Crippen LogP contribution in [0.25, 0.3) is 0 Å². The van der Waals surface area contributed by atoms with Gasteiger partial charge in [-0.1, -0.05) is 12.1 Å². The first-order valence-electron chi connectivity index (χ1n) is 6.61. The monoisotopic (exact) mass is 277 g/mol. The number of carbonyl (C=O) groups excluding carboxylic acids is 2. The fourth-order valence-corrected chi connectivity index (χ4v) is 2.26. The van der Waals surface area contributed by atoms with Crippen LogP contribution in [0.3, 0.4) is 0 Å². The molecule has 0 radical (unpaired) electrons. The van der Waals surface area contributed by atoms with Crippen molar-refractivity contribution in [1.82, 2.24) is 5.06 Å². The highest BCUT2D eigenvalue weighted by atomic mass is 16.7. The minimum atomic E-state index is -0.404. The van der Waals surface area contributed by atoms with E-state index in [1.165, 1.54) is 0 Å². The second kappa shape index (κ2) is 5.70. The van der Waals surface area contributed by atoms with Crippen molar-refractivity contribution in [3.63, 3.8) is 0 Å². The summed E-state index contributed by atoms with van der Waals surface area (Å²) in [7, 11) is 0. The summed E-state index contributed by atoms with van der Waals surface area (Å²) in [6.07, 6.45) is 1.14. The number of hydrogen-bond acceptors (Lipinski definition) is 5. The van der Waals surface area contributed by atoms with Crippen LogP contribution < -0.4 is 0 Å². The lowest BCUT2D eigenvalue weighted by Crippen LogP contribution is -2.30. The zero-order valence-electron chi connectivity index (χ0n) is 10.9. The van der Waals surface area contributed by atoms with Gasteiger partial charge in [0.25, 0.3) is 11.8 Å². The van der Waals surface area contributed by atoms with Gasteiger partial charge >= 0.3 is 0 Å². The van der Waals surface area contributed by atoms with Gasteiger partial charge in [-0.15, -0.1) is 5.06 Å².